The van der Waals surface area contributed by atoms with Crippen LogP contribution in [0.2, 0.25) is 0 Å². The van der Waals surface area contributed by atoms with Gasteiger partial charge in [-0.2, -0.15) is 0 Å². The number of H-pyrrole nitrogens is 1. The first-order valence-corrected chi connectivity index (χ1v) is 12.3. The second-order valence-corrected chi connectivity index (χ2v) is 9.25. The van der Waals surface area contributed by atoms with Gasteiger partial charge < -0.3 is 14.1 Å². The molecule has 0 saturated carbocycles. The number of carbonyl (C=O) groups is 2. The Kier molecular flexibility index (Phi) is 7.51. The van der Waals surface area contributed by atoms with E-state index in [9.17, 15) is 9.59 Å². The highest BCUT2D eigenvalue weighted by molar-refractivity contribution is 6.04. The highest BCUT2D eigenvalue weighted by Crippen LogP contribution is 2.37. The summed E-state index contributed by atoms with van der Waals surface area (Å²) in [6, 6.07) is 4.10. The molecule has 0 bridgehead atoms. The third-order valence-corrected chi connectivity index (χ3v) is 6.97. The Bertz CT molecular complexity index is 1100. The normalized spacial score (nSPS) is 11.4. The van der Waals surface area contributed by atoms with Crippen molar-refractivity contribution in [3.63, 3.8) is 0 Å². The lowest BCUT2D eigenvalue weighted by atomic mass is 10.0. The number of Topliss-reactive ketones (excluding diaryl/α,β-unsaturated/α-hetero) is 2. The topological polar surface area (TPSA) is 59.8 Å². The van der Waals surface area contributed by atoms with Gasteiger partial charge >= 0.3 is 0 Å². The maximum atomic E-state index is 12.6. The highest BCUT2D eigenvalue weighted by atomic mass is 16.1. The molecule has 0 aromatic carbocycles. The van der Waals surface area contributed by atoms with Crippen LogP contribution in [-0.4, -0.2) is 25.7 Å². The fraction of sp³-hybridized carbons (Fsp3) is 0.500. The van der Waals surface area contributed by atoms with Crippen molar-refractivity contribution in [3.05, 3.63) is 46.0 Å². The van der Waals surface area contributed by atoms with Crippen LogP contribution in [0.4, 0.5) is 0 Å². The molecule has 5 heteroatoms. The Morgan fingerprint density at radius 1 is 0.697 bits per heavy atom. The molecule has 0 atom stereocenters. The molecule has 0 saturated heterocycles. The number of carbonyl (C=O) groups excluding carboxylic acids is 2. The van der Waals surface area contributed by atoms with E-state index in [2.05, 4.69) is 53.9 Å². The molecule has 0 spiro atoms. The number of aromatic amines is 1. The summed E-state index contributed by atoms with van der Waals surface area (Å²) in [6.07, 6.45) is 4.37. The maximum Gasteiger partial charge on any atom is 0.162 e. The number of ketones is 2. The lowest BCUT2D eigenvalue weighted by Gasteiger charge is -2.09. The summed E-state index contributed by atoms with van der Waals surface area (Å²) in [6.45, 7) is 17.8. The van der Waals surface area contributed by atoms with Crippen molar-refractivity contribution in [1.82, 2.24) is 14.1 Å². The average molecular weight is 450 g/mol. The maximum absolute atomic E-state index is 12.6. The molecule has 0 aliphatic rings. The van der Waals surface area contributed by atoms with E-state index in [-0.39, 0.29) is 11.6 Å². The molecule has 3 heterocycles. The minimum atomic E-state index is 0.0826. The van der Waals surface area contributed by atoms with E-state index < -0.39 is 0 Å². The number of hydrogen-bond donors (Lipinski definition) is 1. The molecule has 0 fully saturated rings. The second-order valence-electron chi connectivity index (χ2n) is 9.25. The highest BCUT2D eigenvalue weighted by Gasteiger charge is 2.25. The molecule has 178 valence electrons. The van der Waals surface area contributed by atoms with Crippen molar-refractivity contribution < 1.29 is 9.59 Å². The molecule has 0 aliphatic carbocycles. The Hall–Kier alpha value is -2.82. The number of nitrogens with one attached hydrogen (secondary N) is 1. The van der Waals surface area contributed by atoms with E-state index in [1.807, 2.05) is 13.8 Å². The fourth-order valence-electron chi connectivity index (χ4n) is 5.28. The van der Waals surface area contributed by atoms with Gasteiger partial charge in [-0.15, -0.1) is 0 Å². The van der Waals surface area contributed by atoms with E-state index >= 15 is 0 Å². The largest absolute Gasteiger partial charge is 0.354 e. The van der Waals surface area contributed by atoms with Crippen LogP contribution in [0.1, 0.15) is 96.9 Å². The van der Waals surface area contributed by atoms with Gasteiger partial charge in [-0.3, -0.25) is 9.59 Å². The molecule has 33 heavy (non-hydrogen) atoms. The Morgan fingerprint density at radius 3 is 1.36 bits per heavy atom. The number of nitrogens with zero attached hydrogens (tertiary/aromatic N) is 2. The standard InChI is InChI=1S/C28H39N3O2/c1-9-11-15-30-17(3)25(21(7)32)27(19(30)5)23-13-14-24(29-23)28-20(6)31(16-12-10-2)18(4)26(28)22(8)33/h13-14,29H,9-12,15-16H2,1-8H3. The van der Waals surface area contributed by atoms with Crippen LogP contribution < -0.4 is 0 Å². The quantitative estimate of drug-likeness (QED) is 0.333. The first-order chi connectivity index (χ1) is 15.6. The van der Waals surface area contributed by atoms with E-state index in [0.29, 0.717) is 0 Å². The summed E-state index contributed by atoms with van der Waals surface area (Å²) in [4.78, 5) is 28.9. The molecule has 1 N–H and O–H groups in total. The van der Waals surface area contributed by atoms with Crippen molar-refractivity contribution in [3.8, 4) is 22.5 Å². The van der Waals surface area contributed by atoms with Crippen LogP contribution in [0.5, 0.6) is 0 Å². The zero-order valence-electron chi connectivity index (χ0n) is 21.6. The van der Waals surface area contributed by atoms with Crippen LogP contribution >= 0.6 is 0 Å². The second kappa shape index (κ2) is 9.98. The van der Waals surface area contributed by atoms with Gasteiger partial charge in [0.25, 0.3) is 0 Å². The molecular formula is C28H39N3O2. The molecule has 3 aromatic rings. The summed E-state index contributed by atoms with van der Waals surface area (Å²) >= 11 is 0. The number of unbranched alkanes of at least 4 members (excludes halogenated alkanes) is 2. The van der Waals surface area contributed by atoms with Gasteiger partial charge in [-0.1, -0.05) is 26.7 Å². The predicted octanol–water partition coefficient (Wildman–Crippen LogP) is 7.19. The van der Waals surface area contributed by atoms with Gasteiger partial charge in [0.1, 0.15) is 0 Å². The molecule has 0 aliphatic heterocycles. The molecule has 0 unspecified atom stereocenters. The number of rotatable bonds is 10. The van der Waals surface area contributed by atoms with Gasteiger partial charge in [0.2, 0.25) is 0 Å². The van der Waals surface area contributed by atoms with Crippen LogP contribution in [0, 0.1) is 27.7 Å². The zero-order chi connectivity index (χ0) is 24.4. The Balaban J connectivity index is 2.18. The molecule has 3 rings (SSSR count). The van der Waals surface area contributed by atoms with Crippen LogP contribution in [0.15, 0.2) is 12.1 Å². The summed E-state index contributed by atoms with van der Waals surface area (Å²) in [5, 5.41) is 0. The number of hydrogen-bond acceptors (Lipinski definition) is 2. The van der Waals surface area contributed by atoms with Gasteiger partial charge in [0.05, 0.1) is 0 Å². The Morgan fingerprint density at radius 2 is 1.06 bits per heavy atom. The van der Waals surface area contributed by atoms with Crippen molar-refractivity contribution in [2.45, 2.75) is 94.2 Å². The fourth-order valence-corrected chi connectivity index (χ4v) is 5.28. The smallest absolute Gasteiger partial charge is 0.162 e. The van der Waals surface area contributed by atoms with E-state index in [4.69, 9.17) is 0 Å². The lowest BCUT2D eigenvalue weighted by Crippen LogP contribution is -2.03. The van der Waals surface area contributed by atoms with Gasteiger partial charge in [0.15, 0.2) is 11.6 Å². The SMILES string of the molecule is CCCCn1c(C)c(C(C)=O)c(-c2ccc(-c3c(C(C)=O)c(C)n(CCCC)c3C)[nH]2)c1C. The van der Waals surface area contributed by atoms with Crippen LogP contribution in [0.25, 0.3) is 22.5 Å². The average Bonchev–Trinajstić information content (AvgIpc) is 3.39. The lowest BCUT2D eigenvalue weighted by molar-refractivity contribution is 0.100. The monoisotopic (exact) mass is 449 g/mol. The minimum Gasteiger partial charge on any atom is -0.354 e. The van der Waals surface area contributed by atoms with Crippen molar-refractivity contribution in [1.29, 1.82) is 0 Å². The zero-order valence-corrected chi connectivity index (χ0v) is 21.6. The molecule has 0 radical (unpaired) electrons. The molecule has 0 amide bonds. The van der Waals surface area contributed by atoms with Crippen LogP contribution in [0.3, 0.4) is 0 Å². The molecular weight excluding hydrogens is 410 g/mol. The van der Waals surface area contributed by atoms with E-state index in [1.54, 1.807) is 13.8 Å². The van der Waals surface area contributed by atoms with Gasteiger partial charge in [0, 0.05) is 69.5 Å². The van der Waals surface area contributed by atoms with Crippen LogP contribution in [-0.2, 0) is 13.1 Å². The third-order valence-electron chi connectivity index (χ3n) is 6.97. The molecule has 3 aromatic heterocycles. The van der Waals surface area contributed by atoms with Crippen molar-refractivity contribution >= 4 is 11.6 Å². The van der Waals surface area contributed by atoms with E-state index in [1.165, 1.54) is 0 Å². The first-order valence-electron chi connectivity index (χ1n) is 12.3. The minimum absolute atomic E-state index is 0.0826. The third kappa shape index (κ3) is 4.38. The first kappa shape index (κ1) is 24.8. The summed E-state index contributed by atoms with van der Waals surface area (Å²) in [5.74, 6) is 0.165. The van der Waals surface area contributed by atoms with Gasteiger partial charge in [-0.25, -0.2) is 0 Å². The predicted molar refractivity (Wildman–Crippen MR) is 136 cm³/mol. The summed E-state index contributed by atoms with van der Waals surface area (Å²) in [5.41, 5.74) is 9.67. The van der Waals surface area contributed by atoms with Gasteiger partial charge in [-0.05, 0) is 66.5 Å². The van der Waals surface area contributed by atoms with E-state index in [0.717, 1.165) is 95.2 Å². The summed E-state index contributed by atoms with van der Waals surface area (Å²) in [7, 11) is 0. The van der Waals surface area contributed by atoms with Crippen molar-refractivity contribution in [2.75, 3.05) is 0 Å². The Labute approximate surface area is 198 Å². The number of aromatic nitrogens is 3. The summed E-state index contributed by atoms with van der Waals surface area (Å²) < 4.78 is 4.54. The van der Waals surface area contributed by atoms with Crippen molar-refractivity contribution in [2.24, 2.45) is 0 Å². The molecule has 5 nitrogen and oxygen atoms in total.